The third-order valence-corrected chi connectivity index (χ3v) is 5.78. The fourth-order valence-corrected chi connectivity index (χ4v) is 3.79. The smallest absolute Gasteiger partial charge is 0.191 e. The lowest BCUT2D eigenvalue weighted by atomic mass is 9.93. The van der Waals surface area contributed by atoms with Gasteiger partial charge in [-0.2, -0.15) is 0 Å². The Morgan fingerprint density at radius 2 is 1.80 bits per heavy atom. The van der Waals surface area contributed by atoms with Crippen molar-refractivity contribution in [2.75, 3.05) is 66.1 Å². The summed E-state index contributed by atoms with van der Waals surface area (Å²) in [6, 6.07) is 0. The molecule has 2 aliphatic heterocycles. The molecule has 0 aromatic rings. The summed E-state index contributed by atoms with van der Waals surface area (Å²) >= 11 is 0. The van der Waals surface area contributed by atoms with E-state index >= 15 is 0 Å². The number of aliphatic imine (C=N–C) groups is 1. The van der Waals surface area contributed by atoms with Gasteiger partial charge in [0.15, 0.2) is 5.96 Å². The summed E-state index contributed by atoms with van der Waals surface area (Å²) in [5, 5.41) is 7.01. The van der Waals surface area contributed by atoms with Gasteiger partial charge in [-0.05, 0) is 58.7 Å². The van der Waals surface area contributed by atoms with Gasteiger partial charge in [0.1, 0.15) is 0 Å². The Morgan fingerprint density at radius 1 is 1.12 bits per heavy atom. The minimum absolute atomic E-state index is 0.106. The lowest BCUT2D eigenvalue weighted by Gasteiger charge is -2.41. The molecule has 2 aliphatic rings. The molecule has 0 amide bonds. The molecule has 2 saturated heterocycles. The fourth-order valence-electron chi connectivity index (χ4n) is 3.79. The molecule has 0 bridgehead atoms. The van der Waals surface area contributed by atoms with Crippen LogP contribution in [0, 0.1) is 5.92 Å². The van der Waals surface area contributed by atoms with Gasteiger partial charge < -0.3 is 20.3 Å². The molecule has 2 fully saturated rings. The van der Waals surface area contributed by atoms with E-state index in [-0.39, 0.29) is 5.54 Å². The van der Waals surface area contributed by atoms with Crippen LogP contribution in [0.15, 0.2) is 4.99 Å². The maximum absolute atomic E-state index is 5.46. The van der Waals surface area contributed by atoms with Gasteiger partial charge in [-0.3, -0.25) is 9.89 Å². The van der Waals surface area contributed by atoms with Crippen LogP contribution in [0.25, 0.3) is 0 Å². The largest absolute Gasteiger partial charge is 0.379 e. The van der Waals surface area contributed by atoms with Crippen molar-refractivity contribution in [1.82, 2.24) is 20.4 Å². The second-order valence-corrected chi connectivity index (χ2v) is 7.93. The van der Waals surface area contributed by atoms with E-state index in [1.54, 1.807) is 0 Å². The van der Waals surface area contributed by atoms with Crippen molar-refractivity contribution in [1.29, 1.82) is 0 Å². The number of hydrogen-bond donors (Lipinski definition) is 2. The molecule has 0 spiro atoms. The molecule has 6 nitrogen and oxygen atoms in total. The average molecular weight is 354 g/mol. The first-order valence-electron chi connectivity index (χ1n) is 10.0. The topological polar surface area (TPSA) is 52.1 Å². The normalized spacial score (nSPS) is 22.2. The van der Waals surface area contributed by atoms with Gasteiger partial charge in [-0.15, -0.1) is 0 Å². The van der Waals surface area contributed by atoms with E-state index in [0.717, 1.165) is 51.3 Å². The van der Waals surface area contributed by atoms with Crippen LogP contribution in [0.4, 0.5) is 0 Å². The molecule has 0 atom stereocenters. The Hall–Kier alpha value is -0.850. The monoisotopic (exact) mass is 353 g/mol. The standard InChI is InChI=1S/C19H39N5O/c1-5-23-10-7-17(8-11-23)6-9-21-18(20-4)22-16-19(2,3)24-12-14-25-15-13-24/h17H,5-16H2,1-4H3,(H2,20,21,22). The van der Waals surface area contributed by atoms with Crippen molar-refractivity contribution in [2.45, 2.75) is 45.6 Å². The molecular formula is C19H39N5O. The van der Waals surface area contributed by atoms with Gasteiger partial charge in [0.2, 0.25) is 0 Å². The molecule has 25 heavy (non-hydrogen) atoms. The number of morpholine rings is 1. The van der Waals surface area contributed by atoms with Crippen LogP contribution in [0.2, 0.25) is 0 Å². The van der Waals surface area contributed by atoms with Crippen molar-refractivity contribution in [3.8, 4) is 0 Å². The second-order valence-electron chi connectivity index (χ2n) is 7.93. The van der Waals surface area contributed by atoms with Crippen LogP contribution >= 0.6 is 0 Å². The molecule has 0 saturated carbocycles. The number of likely N-dealkylation sites (tertiary alicyclic amines) is 1. The van der Waals surface area contributed by atoms with E-state index in [9.17, 15) is 0 Å². The van der Waals surface area contributed by atoms with Crippen LogP contribution in [0.3, 0.4) is 0 Å². The van der Waals surface area contributed by atoms with Crippen LogP contribution in [-0.2, 0) is 4.74 Å². The molecule has 6 heteroatoms. The number of piperidine rings is 1. The molecular weight excluding hydrogens is 314 g/mol. The second kappa shape index (κ2) is 10.3. The van der Waals surface area contributed by atoms with Crippen molar-refractivity contribution >= 4 is 5.96 Å². The average Bonchev–Trinajstić information content (AvgIpc) is 2.65. The highest BCUT2D eigenvalue weighted by Crippen LogP contribution is 2.19. The third-order valence-electron chi connectivity index (χ3n) is 5.78. The minimum Gasteiger partial charge on any atom is -0.379 e. The Balaban J connectivity index is 1.65. The van der Waals surface area contributed by atoms with Gasteiger partial charge in [0.25, 0.3) is 0 Å². The summed E-state index contributed by atoms with van der Waals surface area (Å²) < 4.78 is 5.46. The Labute approximate surface area is 154 Å². The van der Waals surface area contributed by atoms with Crippen LogP contribution < -0.4 is 10.6 Å². The fraction of sp³-hybridized carbons (Fsp3) is 0.947. The van der Waals surface area contributed by atoms with Gasteiger partial charge in [-0.25, -0.2) is 0 Å². The predicted octanol–water partition coefficient (Wildman–Crippen LogP) is 1.38. The van der Waals surface area contributed by atoms with Crippen LogP contribution in [0.1, 0.15) is 40.0 Å². The summed E-state index contributed by atoms with van der Waals surface area (Å²) in [6.07, 6.45) is 3.92. The zero-order valence-electron chi connectivity index (χ0n) is 16.8. The summed E-state index contributed by atoms with van der Waals surface area (Å²) in [4.78, 5) is 9.44. The first-order valence-corrected chi connectivity index (χ1v) is 10.0. The number of rotatable bonds is 7. The van der Waals surface area contributed by atoms with Crippen molar-refractivity contribution in [2.24, 2.45) is 10.9 Å². The number of nitrogens with zero attached hydrogens (tertiary/aromatic N) is 3. The highest BCUT2D eigenvalue weighted by Gasteiger charge is 2.28. The third kappa shape index (κ3) is 6.76. The summed E-state index contributed by atoms with van der Waals surface area (Å²) in [7, 11) is 1.86. The molecule has 0 aromatic carbocycles. The summed E-state index contributed by atoms with van der Waals surface area (Å²) in [6.45, 7) is 16.2. The van der Waals surface area contributed by atoms with Gasteiger partial charge >= 0.3 is 0 Å². The van der Waals surface area contributed by atoms with Crippen molar-refractivity contribution in [3.63, 3.8) is 0 Å². The Bertz CT molecular complexity index is 399. The molecule has 0 unspecified atom stereocenters. The number of hydrogen-bond acceptors (Lipinski definition) is 4. The molecule has 2 N–H and O–H groups in total. The first-order chi connectivity index (χ1) is 12.0. The van der Waals surface area contributed by atoms with Gasteiger partial charge in [-0.1, -0.05) is 6.92 Å². The SMILES string of the molecule is CCN1CCC(CCNC(=NC)NCC(C)(C)N2CCOCC2)CC1. The van der Waals surface area contributed by atoms with Gasteiger partial charge in [0.05, 0.1) is 13.2 Å². The molecule has 2 rings (SSSR count). The lowest BCUT2D eigenvalue weighted by molar-refractivity contribution is -0.00834. The quantitative estimate of drug-likeness (QED) is 0.535. The molecule has 2 heterocycles. The van der Waals surface area contributed by atoms with Crippen LogP contribution in [0.5, 0.6) is 0 Å². The number of ether oxygens (including phenoxy) is 1. The summed E-state index contributed by atoms with van der Waals surface area (Å²) in [5.41, 5.74) is 0.106. The van der Waals surface area contributed by atoms with E-state index in [0.29, 0.717) is 0 Å². The number of nitrogens with one attached hydrogen (secondary N) is 2. The number of guanidine groups is 1. The zero-order valence-corrected chi connectivity index (χ0v) is 16.8. The van der Waals surface area contributed by atoms with E-state index in [2.05, 4.69) is 46.2 Å². The van der Waals surface area contributed by atoms with E-state index in [1.165, 1.54) is 38.9 Å². The first kappa shape index (κ1) is 20.5. The molecule has 146 valence electrons. The van der Waals surface area contributed by atoms with Crippen molar-refractivity contribution < 1.29 is 4.74 Å². The predicted molar refractivity (Wildman–Crippen MR) is 105 cm³/mol. The Kier molecular flexibility index (Phi) is 8.46. The molecule has 0 radical (unpaired) electrons. The van der Waals surface area contributed by atoms with E-state index < -0.39 is 0 Å². The molecule has 0 aliphatic carbocycles. The highest BCUT2D eigenvalue weighted by molar-refractivity contribution is 5.79. The zero-order chi connectivity index (χ0) is 18.1. The summed E-state index contributed by atoms with van der Waals surface area (Å²) in [5.74, 6) is 1.78. The van der Waals surface area contributed by atoms with E-state index in [1.807, 2.05) is 7.05 Å². The minimum atomic E-state index is 0.106. The van der Waals surface area contributed by atoms with Crippen LogP contribution in [-0.4, -0.2) is 87.4 Å². The van der Waals surface area contributed by atoms with Gasteiger partial charge in [0, 0.05) is 38.8 Å². The maximum Gasteiger partial charge on any atom is 0.191 e. The van der Waals surface area contributed by atoms with E-state index in [4.69, 9.17) is 4.74 Å². The Morgan fingerprint density at radius 3 is 2.40 bits per heavy atom. The lowest BCUT2D eigenvalue weighted by Crippen LogP contribution is -2.56. The highest BCUT2D eigenvalue weighted by atomic mass is 16.5. The van der Waals surface area contributed by atoms with Crippen molar-refractivity contribution in [3.05, 3.63) is 0 Å². The maximum atomic E-state index is 5.46. The molecule has 0 aromatic heterocycles.